The van der Waals surface area contributed by atoms with Gasteiger partial charge in [-0.3, -0.25) is 4.79 Å². The minimum absolute atomic E-state index is 0.0131. The molecule has 0 spiro atoms. The van der Waals surface area contributed by atoms with Crippen LogP contribution in [0.15, 0.2) is 92.7 Å². The monoisotopic (exact) mass is 412 g/mol. The summed E-state index contributed by atoms with van der Waals surface area (Å²) in [5.74, 6) is 0.428. The van der Waals surface area contributed by atoms with Gasteiger partial charge >= 0.3 is 5.97 Å². The number of rotatable bonds is 4. The number of ether oxygens (including phenoxy) is 1. The maximum Gasteiger partial charge on any atom is 0.339 e. The van der Waals surface area contributed by atoms with E-state index in [4.69, 9.17) is 13.6 Å². The van der Waals surface area contributed by atoms with E-state index < -0.39 is 5.97 Å². The normalized spacial score (nSPS) is 11.1. The van der Waals surface area contributed by atoms with E-state index >= 15 is 0 Å². The van der Waals surface area contributed by atoms with Gasteiger partial charge in [0.2, 0.25) is 0 Å². The predicted molar refractivity (Wildman–Crippen MR) is 114 cm³/mol. The van der Waals surface area contributed by atoms with Crippen LogP contribution in [-0.2, 0) is 11.3 Å². The summed E-state index contributed by atoms with van der Waals surface area (Å²) >= 11 is 0. The predicted octanol–water partition coefficient (Wildman–Crippen LogP) is 5.22. The van der Waals surface area contributed by atoms with Gasteiger partial charge < -0.3 is 18.7 Å². The molecule has 0 bridgehead atoms. The number of esters is 1. The molecule has 1 aliphatic heterocycles. The number of aromatic hydroxyl groups is 1. The summed E-state index contributed by atoms with van der Waals surface area (Å²) in [5.41, 5.74) is 2.56. The Bertz CT molecular complexity index is 1430. The second-order valence-electron chi connectivity index (χ2n) is 7.02. The van der Waals surface area contributed by atoms with Crippen molar-refractivity contribution in [3.05, 3.63) is 101 Å². The van der Waals surface area contributed by atoms with Crippen LogP contribution in [0.4, 0.5) is 0 Å². The van der Waals surface area contributed by atoms with E-state index in [9.17, 15) is 14.7 Å². The highest BCUT2D eigenvalue weighted by molar-refractivity contribution is 6.07. The Balaban J connectivity index is 1.70. The van der Waals surface area contributed by atoms with Crippen LogP contribution >= 0.6 is 0 Å². The number of fused-ring (bicyclic) bond motifs is 2. The first kappa shape index (κ1) is 18.7. The minimum Gasteiger partial charge on any atom is -0.508 e. The molecule has 5 rings (SSSR count). The van der Waals surface area contributed by atoms with Crippen molar-refractivity contribution in [2.24, 2.45) is 0 Å². The zero-order chi connectivity index (χ0) is 21.4. The fourth-order valence-electron chi connectivity index (χ4n) is 3.64. The van der Waals surface area contributed by atoms with Crippen molar-refractivity contribution in [1.29, 1.82) is 0 Å². The van der Waals surface area contributed by atoms with Crippen LogP contribution < -0.4 is 5.43 Å². The Morgan fingerprint density at radius 1 is 0.935 bits per heavy atom. The van der Waals surface area contributed by atoms with Gasteiger partial charge in [0, 0.05) is 28.6 Å². The molecule has 0 amide bonds. The first-order chi connectivity index (χ1) is 15.1. The molecule has 0 radical (unpaired) electrons. The molecule has 3 aromatic rings. The fourth-order valence-corrected chi connectivity index (χ4v) is 3.64. The maximum absolute atomic E-state index is 12.9. The summed E-state index contributed by atoms with van der Waals surface area (Å²) in [6, 6.07) is 19.8. The van der Waals surface area contributed by atoms with Gasteiger partial charge in [-0.1, -0.05) is 18.2 Å². The Labute approximate surface area is 176 Å². The molecule has 1 aliphatic carbocycles. The molecule has 1 N–H and O–H groups in total. The number of carbonyl (C=O) groups is 1. The molecule has 152 valence electrons. The van der Waals surface area contributed by atoms with Gasteiger partial charge in [-0.2, -0.15) is 0 Å². The van der Waals surface area contributed by atoms with Crippen molar-refractivity contribution in [1.82, 2.24) is 0 Å². The lowest BCUT2D eigenvalue weighted by Gasteiger charge is -2.17. The lowest BCUT2D eigenvalue weighted by molar-refractivity contribution is 0.0446. The van der Waals surface area contributed by atoms with Crippen LogP contribution in [0.3, 0.4) is 0 Å². The van der Waals surface area contributed by atoms with E-state index in [1.54, 1.807) is 42.5 Å². The molecule has 31 heavy (non-hydrogen) atoms. The molecule has 6 heteroatoms. The minimum atomic E-state index is -0.506. The smallest absolute Gasteiger partial charge is 0.339 e. The van der Waals surface area contributed by atoms with Crippen LogP contribution in [-0.4, -0.2) is 11.1 Å². The van der Waals surface area contributed by atoms with Crippen LogP contribution in [0.25, 0.3) is 33.4 Å². The molecular formula is C25H16O6. The molecule has 6 nitrogen and oxygen atoms in total. The topological polar surface area (TPSA) is 89.9 Å². The van der Waals surface area contributed by atoms with Gasteiger partial charge in [0.1, 0.15) is 29.5 Å². The quantitative estimate of drug-likeness (QED) is 0.321. The largest absolute Gasteiger partial charge is 0.508 e. The van der Waals surface area contributed by atoms with Gasteiger partial charge in [-0.05, 0) is 48.0 Å². The molecule has 0 fully saturated rings. The summed E-state index contributed by atoms with van der Waals surface area (Å²) in [7, 11) is 0. The third-order valence-electron chi connectivity index (χ3n) is 5.02. The highest BCUT2D eigenvalue weighted by Gasteiger charge is 2.22. The van der Waals surface area contributed by atoms with Gasteiger partial charge in [0.15, 0.2) is 5.43 Å². The van der Waals surface area contributed by atoms with Crippen molar-refractivity contribution in [3.8, 4) is 28.2 Å². The molecule has 0 unspecified atom stereocenters. The number of furan rings is 1. The zero-order valence-electron chi connectivity index (χ0n) is 16.2. The molecular weight excluding hydrogens is 396 g/mol. The first-order valence-corrected chi connectivity index (χ1v) is 9.59. The van der Waals surface area contributed by atoms with Crippen molar-refractivity contribution < 1.29 is 23.5 Å². The van der Waals surface area contributed by atoms with E-state index in [1.807, 2.05) is 12.1 Å². The fraction of sp³-hybridized carbons (Fsp3) is 0.0400. The SMILES string of the molecule is O=C(OCc1ccco1)c1ccccc1-c1c2ccc(=O)cc-2oc2cc(O)ccc12. The van der Waals surface area contributed by atoms with Gasteiger partial charge in [-0.25, -0.2) is 4.79 Å². The Morgan fingerprint density at radius 2 is 1.81 bits per heavy atom. The van der Waals surface area contributed by atoms with Gasteiger partial charge in [-0.15, -0.1) is 0 Å². The van der Waals surface area contributed by atoms with Crippen LogP contribution in [0, 0.1) is 0 Å². The first-order valence-electron chi connectivity index (χ1n) is 9.59. The standard InChI is InChI=1S/C25H16O6/c26-15-7-9-20-22(12-15)31-23-13-16(27)8-10-21(23)24(20)18-5-1-2-6-19(18)25(28)30-14-17-4-3-11-29-17/h1-13,26H,14H2. The third kappa shape index (κ3) is 3.44. The molecule has 0 atom stereocenters. The Hall–Kier alpha value is -4.32. The number of benzene rings is 3. The lowest BCUT2D eigenvalue weighted by atomic mass is 9.91. The summed E-state index contributed by atoms with van der Waals surface area (Å²) < 4.78 is 16.6. The Kier molecular flexibility index (Phi) is 4.52. The second-order valence-corrected chi connectivity index (χ2v) is 7.02. The zero-order valence-corrected chi connectivity index (χ0v) is 16.2. The number of phenols is 1. The van der Waals surface area contributed by atoms with Crippen molar-refractivity contribution in [2.45, 2.75) is 6.61 Å². The average Bonchev–Trinajstić information content (AvgIpc) is 3.29. The van der Waals surface area contributed by atoms with E-state index in [0.717, 1.165) is 0 Å². The van der Waals surface area contributed by atoms with E-state index in [0.29, 0.717) is 44.7 Å². The lowest BCUT2D eigenvalue weighted by Crippen LogP contribution is -2.07. The maximum atomic E-state index is 12.9. The second kappa shape index (κ2) is 7.50. The Morgan fingerprint density at radius 3 is 2.65 bits per heavy atom. The van der Waals surface area contributed by atoms with E-state index in [1.165, 1.54) is 24.5 Å². The summed E-state index contributed by atoms with van der Waals surface area (Å²) in [6.45, 7) is 0.0131. The molecule has 2 aromatic carbocycles. The molecule has 0 saturated carbocycles. The van der Waals surface area contributed by atoms with E-state index in [-0.39, 0.29) is 17.8 Å². The molecule has 2 aliphatic rings. The third-order valence-corrected chi connectivity index (χ3v) is 5.02. The van der Waals surface area contributed by atoms with E-state index in [2.05, 4.69) is 0 Å². The number of hydrogen-bond donors (Lipinski definition) is 1. The van der Waals surface area contributed by atoms with Crippen molar-refractivity contribution in [2.75, 3.05) is 0 Å². The average molecular weight is 412 g/mol. The van der Waals surface area contributed by atoms with Gasteiger partial charge in [0.25, 0.3) is 0 Å². The summed E-state index contributed by atoms with van der Waals surface area (Å²) in [4.78, 5) is 24.9. The summed E-state index contributed by atoms with van der Waals surface area (Å²) in [5, 5.41) is 10.6. The number of hydrogen-bond acceptors (Lipinski definition) is 6. The summed E-state index contributed by atoms with van der Waals surface area (Å²) in [6.07, 6.45) is 1.52. The van der Waals surface area contributed by atoms with Crippen LogP contribution in [0.1, 0.15) is 16.1 Å². The van der Waals surface area contributed by atoms with Crippen LogP contribution in [0.5, 0.6) is 5.75 Å². The highest BCUT2D eigenvalue weighted by atomic mass is 16.5. The highest BCUT2D eigenvalue weighted by Crippen LogP contribution is 2.41. The number of carbonyl (C=O) groups excluding carboxylic acids is 1. The number of phenolic OH excluding ortho intramolecular Hbond substituents is 1. The molecule has 0 saturated heterocycles. The molecule has 2 heterocycles. The molecule has 1 aromatic heterocycles. The van der Waals surface area contributed by atoms with Gasteiger partial charge in [0.05, 0.1) is 11.8 Å². The van der Waals surface area contributed by atoms with Crippen molar-refractivity contribution in [3.63, 3.8) is 0 Å². The van der Waals surface area contributed by atoms with Crippen molar-refractivity contribution >= 4 is 16.9 Å². The van der Waals surface area contributed by atoms with Crippen LogP contribution in [0.2, 0.25) is 0 Å².